The molecule has 2 aromatic carbocycles. The summed E-state index contributed by atoms with van der Waals surface area (Å²) in [6.45, 7) is 2.29. The average Bonchev–Trinajstić information content (AvgIpc) is 3.02. The molecular formula is C15H15NS. The molecule has 1 nitrogen and oxygen atoms in total. The van der Waals surface area contributed by atoms with Crippen LogP contribution in [0, 0.1) is 0 Å². The Bertz CT molecular complexity index is 483. The third-order valence-electron chi connectivity index (χ3n) is 3.14. The van der Waals surface area contributed by atoms with Crippen LogP contribution in [0.3, 0.4) is 0 Å². The predicted molar refractivity (Wildman–Crippen MR) is 72.8 cm³/mol. The Kier molecular flexibility index (Phi) is 2.91. The molecule has 0 N–H and O–H groups in total. The second kappa shape index (κ2) is 4.55. The lowest BCUT2D eigenvalue weighted by Gasteiger charge is -2.03. The minimum absolute atomic E-state index is 0.571. The van der Waals surface area contributed by atoms with Gasteiger partial charge in [-0.1, -0.05) is 48.5 Å². The van der Waals surface area contributed by atoms with Crippen LogP contribution in [-0.4, -0.2) is 10.3 Å². The molecule has 0 aromatic heterocycles. The Morgan fingerprint density at radius 2 is 1.47 bits per heavy atom. The van der Waals surface area contributed by atoms with Crippen LogP contribution in [0.1, 0.15) is 18.5 Å². The van der Waals surface area contributed by atoms with E-state index in [0.29, 0.717) is 12.1 Å². The molecule has 0 aliphatic carbocycles. The number of hydrogen-bond acceptors (Lipinski definition) is 2. The summed E-state index contributed by atoms with van der Waals surface area (Å²) >= 11 is 1.85. The maximum absolute atomic E-state index is 2.45. The molecule has 0 spiro atoms. The standard InChI is InChI=1S/C15H15NS/c1-12-15(13-8-4-2-5-9-13)16(12)17-14-10-6-3-7-11-14/h2-12,15H,1H3/t12-,15+,16?/m1/s1. The van der Waals surface area contributed by atoms with Gasteiger partial charge in [0.1, 0.15) is 0 Å². The van der Waals surface area contributed by atoms with Crippen molar-refractivity contribution >= 4 is 11.9 Å². The molecule has 86 valence electrons. The van der Waals surface area contributed by atoms with Gasteiger partial charge in [0.25, 0.3) is 0 Å². The summed E-state index contributed by atoms with van der Waals surface area (Å²) in [5, 5.41) is 0. The first-order chi connectivity index (χ1) is 8.36. The second-order valence-corrected chi connectivity index (χ2v) is 5.44. The number of hydrogen-bond donors (Lipinski definition) is 0. The summed E-state index contributed by atoms with van der Waals surface area (Å²) in [6.07, 6.45) is 0. The van der Waals surface area contributed by atoms with Crippen molar-refractivity contribution in [2.24, 2.45) is 0 Å². The van der Waals surface area contributed by atoms with Crippen molar-refractivity contribution in [3.05, 3.63) is 66.2 Å². The van der Waals surface area contributed by atoms with Gasteiger partial charge in [-0.05, 0) is 36.6 Å². The van der Waals surface area contributed by atoms with Crippen molar-refractivity contribution in [3.8, 4) is 0 Å². The van der Waals surface area contributed by atoms with E-state index in [-0.39, 0.29) is 0 Å². The third-order valence-corrected chi connectivity index (χ3v) is 4.39. The van der Waals surface area contributed by atoms with Crippen LogP contribution < -0.4 is 0 Å². The molecule has 2 aromatic rings. The zero-order valence-electron chi connectivity index (χ0n) is 9.78. The van der Waals surface area contributed by atoms with E-state index in [4.69, 9.17) is 0 Å². The number of rotatable bonds is 3. The van der Waals surface area contributed by atoms with E-state index in [2.05, 4.69) is 71.9 Å². The Balaban J connectivity index is 1.72. The molecule has 0 radical (unpaired) electrons. The quantitative estimate of drug-likeness (QED) is 0.587. The lowest BCUT2D eigenvalue weighted by molar-refractivity contribution is 0.808. The Labute approximate surface area is 107 Å². The Morgan fingerprint density at radius 1 is 0.882 bits per heavy atom. The highest BCUT2D eigenvalue weighted by atomic mass is 32.2. The van der Waals surface area contributed by atoms with Crippen molar-refractivity contribution in [1.29, 1.82) is 0 Å². The molecule has 1 saturated heterocycles. The molecule has 0 saturated carbocycles. The average molecular weight is 241 g/mol. The van der Waals surface area contributed by atoms with Crippen LogP contribution >= 0.6 is 11.9 Å². The maximum atomic E-state index is 2.45. The van der Waals surface area contributed by atoms with Crippen LogP contribution in [0.25, 0.3) is 0 Å². The first-order valence-corrected chi connectivity index (χ1v) is 6.70. The minimum atomic E-state index is 0.571. The molecule has 17 heavy (non-hydrogen) atoms. The smallest absolute Gasteiger partial charge is 0.0621 e. The zero-order chi connectivity index (χ0) is 11.7. The van der Waals surface area contributed by atoms with Crippen molar-refractivity contribution in [1.82, 2.24) is 4.31 Å². The van der Waals surface area contributed by atoms with Gasteiger partial charge in [-0.25, -0.2) is 4.31 Å². The van der Waals surface area contributed by atoms with E-state index in [0.717, 1.165) is 0 Å². The van der Waals surface area contributed by atoms with Gasteiger partial charge in [0.2, 0.25) is 0 Å². The van der Waals surface area contributed by atoms with Gasteiger partial charge in [0.05, 0.1) is 6.04 Å². The van der Waals surface area contributed by atoms with E-state index in [1.54, 1.807) is 0 Å². The fraction of sp³-hybridized carbons (Fsp3) is 0.200. The normalized spacial score (nSPS) is 26.8. The van der Waals surface area contributed by atoms with Crippen LogP contribution in [0.2, 0.25) is 0 Å². The minimum Gasteiger partial charge on any atom is -0.233 e. The Morgan fingerprint density at radius 3 is 2.12 bits per heavy atom. The molecule has 0 amide bonds. The molecular weight excluding hydrogens is 226 g/mol. The molecule has 1 fully saturated rings. The lowest BCUT2D eigenvalue weighted by atomic mass is 10.1. The molecule has 3 rings (SSSR count). The third kappa shape index (κ3) is 2.24. The van der Waals surface area contributed by atoms with Gasteiger partial charge in [-0.15, -0.1) is 0 Å². The predicted octanol–water partition coefficient (Wildman–Crippen LogP) is 4.14. The lowest BCUT2D eigenvalue weighted by Crippen LogP contribution is -1.86. The molecule has 1 aliphatic heterocycles. The van der Waals surface area contributed by atoms with Crippen molar-refractivity contribution < 1.29 is 0 Å². The summed E-state index contributed by atoms with van der Waals surface area (Å²) in [5.41, 5.74) is 1.42. The number of nitrogens with zero attached hydrogens (tertiary/aromatic N) is 1. The van der Waals surface area contributed by atoms with E-state index in [1.165, 1.54) is 10.5 Å². The van der Waals surface area contributed by atoms with E-state index in [1.807, 2.05) is 11.9 Å². The van der Waals surface area contributed by atoms with Crippen molar-refractivity contribution in [2.75, 3.05) is 0 Å². The molecule has 3 atom stereocenters. The molecule has 0 bridgehead atoms. The van der Waals surface area contributed by atoms with Crippen LogP contribution in [-0.2, 0) is 0 Å². The summed E-state index contributed by atoms with van der Waals surface area (Å²) in [4.78, 5) is 1.32. The van der Waals surface area contributed by atoms with Gasteiger partial charge in [0, 0.05) is 10.9 Å². The van der Waals surface area contributed by atoms with Crippen LogP contribution in [0.15, 0.2) is 65.6 Å². The summed E-state index contributed by atoms with van der Waals surface area (Å²) < 4.78 is 2.45. The first kappa shape index (κ1) is 10.9. The molecule has 1 aliphatic rings. The van der Waals surface area contributed by atoms with Gasteiger partial charge < -0.3 is 0 Å². The summed E-state index contributed by atoms with van der Waals surface area (Å²) in [6, 6.07) is 22.5. The van der Waals surface area contributed by atoms with Crippen molar-refractivity contribution in [2.45, 2.75) is 23.9 Å². The molecule has 1 unspecified atom stereocenters. The zero-order valence-corrected chi connectivity index (χ0v) is 10.6. The molecule has 2 heteroatoms. The largest absolute Gasteiger partial charge is 0.233 e. The highest BCUT2D eigenvalue weighted by Gasteiger charge is 2.45. The van der Waals surface area contributed by atoms with Crippen LogP contribution in [0.4, 0.5) is 0 Å². The first-order valence-electron chi connectivity index (χ1n) is 5.92. The van der Waals surface area contributed by atoms with Gasteiger partial charge in [0.15, 0.2) is 0 Å². The SMILES string of the molecule is C[C@@H]1[C@@H](c2ccccc2)N1Sc1ccccc1. The highest BCUT2D eigenvalue weighted by Crippen LogP contribution is 2.50. The Hall–Kier alpha value is -1.25. The topological polar surface area (TPSA) is 3.01 Å². The van der Waals surface area contributed by atoms with Crippen molar-refractivity contribution in [3.63, 3.8) is 0 Å². The molecule has 1 heterocycles. The van der Waals surface area contributed by atoms with Gasteiger partial charge >= 0.3 is 0 Å². The monoisotopic (exact) mass is 241 g/mol. The van der Waals surface area contributed by atoms with Gasteiger partial charge in [-0.3, -0.25) is 0 Å². The summed E-state index contributed by atoms with van der Waals surface area (Å²) in [7, 11) is 0. The fourth-order valence-corrected chi connectivity index (χ4v) is 3.30. The van der Waals surface area contributed by atoms with Gasteiger partial charge in [-0.2, -0.15) is 0 Å². The highest BCUT2D eigenvalue weighted by molar-refractivity contribution is 7.97. The van der Waals surface area contributed by atoms with Crippen LogP contribution in [0.5, 0.6) is 0 Å². The number of benzene rings is 2. The maximum Gasteiger partial charge on any atom is 0.0621 e. The van der Waals surface area contributed by atoms with E-state index < -0.39 is 0 Å². The van der Waals surface area contributed by atoms with E-state index >= 15 is 0 Å². The fourth-order valence-electron chi connectivity index (χ4n) is 2.14. The van der Waals surface area contributed by atoms with E-state index in [9.17, 15) is 0 Å². The summed E-state index contributed by atoms with van der Waals surface area (Å²) in [5.74, 6) is 0. The second-order valence-electron chi connectivity index (χ2n) is 4.36.